The van der Waals surface area contributed by atoms with Gasteiger partial charge in [-0.25, -0.2) is 9.37 Å². The lowest BCUT2D eigenvalue weighted by molar-refractivity contribution is 0.102. The van der Waals surface area contributed by atoms with Gasteiger partial charge < -0.3 is 24.6 Å². The van der Waals surface area contributed by atoms with Gasteiger partial charge in [0.15, 0.2) is 23.1 Å². The van der Waals surface area contributed by atoms with Crippen molar-refractivity contribution in [2.75, 3.05) is 19.5 Å². The van der Waals surface area contributed by atoms with E-state index in [1.807, 2.05) is 16.8 Å². The van der Waals surface area contributed by atoms with Gasteiger partial charge in [0, 0.05) is 41.8 Å². The lowest BCUT2D eigenvalue weighted by atomic mass is 10.0. The molecular weight excluding hydrogens is 511 g/mol. The highest BCUT2D eigenvalue weighted by Crippen LogP contribution is 2.36. The molecule has 9 nitrogen and oxygen atoms in total. The number of benzene rings is 1. The zero-order chi connectivity index (χ0) is 26.8. The number of hydrogen-bond donors (Lipinski definition) is 2. The molecule has 5 rings (SSSR count). The number of halogens is 1. The summed E-state index contributed by atoms with van der Waals surface area (Å²) in [6.07, 6.45) is 3.02. The number of aryl methyl sites for hydroxylation is 1. The molecule has 0 aliphatic carbocycles. The summed E-state index contributed by atoms with van der Waals surface area (Å²) in [5.74, 6) is -0.753. The minimum Gasteiger partial charge on any atom is -0.506 e. The number of rotatable bonds is 7. The number of amides is 1. The maximum absolute atomic E-state index is 15.0. The molecule has 1 amide bonds. The second-order valence-corrected chi connectivity index (χ2v) is 8.85. The summed E-state index contributed by atoms with van der Waals surface area (Å²) < 4.78 is 31.4. The average molecular weight is 533 g/mol. The van der Waals surface area contributed by atoms with E-state index in [4.69, 9.17) is 14.2 Å². The topological polar surface area (TPSA) is 116 Å². The molecule has 11 heteroatoms. The molecule has 0 saturated heterocycles. The van der Waals surface area contributed by atoms with Crippen LogP contribution in [0.1, 0.15) is 16.1 Å². The van der Waals surface area contributed by atoms with Crippen LogP contribution in [0.25, 0.3) is 22.2 Å². The van der Waals surface area contributed by atoms with Gasteiger partial charge in [0.25, 0.3) is 11.8 Å². The quantitative estimate of drug-likeness (QED) is 0.264. The number of aromatic hydroxyl groups is 1. The Morgan fingerprint density at radius 3 is 2.61 bits per heavy atom. The Hall–Kier alpha value is -4.77. The Morgan fingerprint density at radius 2 is 1.89 bits per heavy atom. The van der Waals surface area contributed by atoms with Gasteiger partial charge in [0.1, 0.15) is 16.8 Å². The van der Waals surface area contributed by atoms with Crippen molar-refractivity contribution in [1.29, 1.82) is 0 Å². The van der Waals surface area contributed by atoms with Crippen LogP contribution in [0.3, 0.4) is 0 Å². The summed E-state index contributed by atoms with van der Waals surface area (Å²) in [6, 6.07) is 9.00. The van der Waals surface area contributed by atoms with Crippen LogP contribution >= 0.6 is 11.3 Å². The number of carbonyl (C=O) groups excluding carboxylic acids is 1. The van der Waals surface area contributed by atoms with Gasteiger partial charge in [-0.3, -0.25) is 14.8 Å². The second-order valence-electron chi connectivity index (χ2n) is 8.07. The maximum atomic E-state index is 15.0. The minimum atomic E-state index is -0.723. The van der Waals surface area contributed by atoms with Gasteiger partial charge in [-0.15, -0.1) is 0 Å². The highest BCUT2D eigenvalue weighted by Gasteiger charge is 2.21. The van der Waals surface area contributed by atoms with E-state index in [2.05, 4.69) is 20.3 Å². The third-order valence-electron chi connectivity index (χ3n) is 5.73. The minimum absolute atomic E-state index is 0.00754. The number of pyridine rings is 3. The van der Waals surface area contributed by atoms with Crippen molar-refractivity contribution in [3.05, 3.63) is 76.6 Å². The van der Waals surface area contributed by atoms with E-state index in [-0.39, 0.29) is 34.4 Å². The number of anilines is 1. The summed E-state index contributed by atoms with van der Waals surface area (Å²) in [5, 5.41) is 17.1. The average Bonchev–Trinajstić information content (AvgIpc) is 3.44. The van der Waals surface area contributed by atoms with Gasteiger partial charge in [-0.2, -0.15) is 11.3 Å². The van der Waals surface area contributed by atoms with E-state index in [1.54, 1.807) is 19.1 Å². The maximum Gasteiger partial charge on any atom is 0.261 e. The van der Waals surface area contributed by atoms with E-state index in [1.165, 1.54) is 50.1 Å². The standard InChI is InChI=1S/C27H21FN4O5S/c1-14-23(25(33)17(12-30-14)15-7-9-38-13-15)26(34)31-16-4-5-20(18(28)10-16)37-21-6-8-29-19-11-22(35-2)27(36-3)32-24(19)21/h4-13H,1-3H3,(H,30,33)(H,31,34). The SMILES string of the molecule is COc1cc2nccc(Oc3ccc(NC(=O)c4c(C)ncc(-c5ccsc5)c4O)cc3F)c2nc1OC. The van der Waals surface area contributed by atoms with Gasteiger partial charge >= 0.3 is 0 Å². The Balaban J connectivity index is 1.40. The molecular formula is C27H21FN4O5S. The third-order valence-corrected chi connectivity index (χ3v) is 6.41. The molecule has 0 fully saturated rings. The Bertz CT molecular complexity index is 1660. The van der Waals surface area contributed by atoms with E-state index >= 15 is 4.39 Å². The van der Waals surface area contributed by atoms with Crippen LogP contribution in [0.5, 0.6) is 28.9 Å². The molecule has 1 aromatic carbocycles. The molecule has 0 radical (unpaired) electrons. The number of fused-ring (bicyclic) bond motifs is 1. The van der Waals surface area contributed by atoms with Crippen LogP contribution in [0.4, 0.5) is 10.1 Å². The summed E-state index contributed by atoms with van der Waals surface area (Å²) in [4.78, 5) is 25.9. The Morgan fingerprint density at radius 1 is 1.05 bits per heavy atom. The second kappa shape index (κ2) is 10.3. The van der Waals surface area contributed by atoms with E-state index in [0.29, 0.717) is 28.0 Å². The molecule has 0 aliphatic rings. The Labute approximate surface area is 220 Å². The molecule has 5 aromatic rings. The molecule has 0 aliphatic heterocycles. The predicted octanol–water partition coefficient (Wildman–Crippen LogP) is 5.97. The van der Waals surface area contributed by atoms with Gasteiger partial charge in [-0.1, -0.05) is 0 Å². The number of thiophene rings is 1. The summed E-state index contributed by atoms with van der Waals surface area (Å²) in [6.45, 7) is 1.61. The number of hydrogen-bond acceptors (Lipinski definition) is 9. The number of nitrogens with zero attached hydrogens (tertiary/aromatic N) is 3. The van der Waals surface area contributed by atoms with Crippen molar-refractivity contribution in [1.82, 2.24) is 15.0 Å². The smallest absolute Gasteiger partial charge is 0.261 e. The van der Waals surface area contributed by atoms with Gasteiger partial charge in [0.05, 0.1) is 25.4 Å². The first kappa shape index (κ1) is 24.9. The molecule has 0 spiro atoms. The predicted molar refractivity (Wildman–Crippen MR) is 141 cm³/mol. The van der Waals surface area contributed by atoms with E-state index < -0.39 is 11.7 Å². The molecule has 2 N–H and O–H groups in total. The number of methoxy groups -OCH3 is 2. The molecule has 0 atom stereocenters. The molecule has 0 saturated carbocycles. The van der Waals surface area contributed by atoms with Gasteiger partial charge in [0.2, 0.25) is 0 Å². The van der Waals surface area contributed by atoms with Crippen LogP contribution in [-0.4, -0.2) is 40.2 Å². The molecule has 192 valence electrons. The summed E-state index contributed by atoms with van der Waals surface area (Å²) in [7, 11) is 2.94. The summed E-state index contributed by atoms with van der Waals surface area (Å²) in [5.41, 5.74) is 2.52. The van der Waals surface area contributed by atoms with Crippen LogP contribution in [0.15, 0.2) is 59.6 Å². The molecule has 38 heavy (non-hydrogen) atoms. The third kappa shape index (κ3) is 4.66. The zero-order valence-electron chi connectivity index (χ0n) is 20.5. The monoisotopic (exact) mass is 532 g/mol. The molecule has 4 heterocycles. The highest BCUT2D eigenvalue weighted by molar-refractivity contribution is 7.08. The summed E-state index contributed by atoms with van der Waals surface area (Å²) >= 11 is 1.46. The molecule has 4 aromatic heterocycles. The molecule has 0 unspecified atom stereocenters. The normalized spacial score (nSPS) is 10.8. The van der Waals surface area contributed by atoms with Crippen LogP contribution in [0, 0.1) is 12.7 Å². The highest BCUT2D eigenvalue weighted by atomic mass is 32.1. The first-order valence-corrected chi connectivity index (χ1v) is 12.2. The number of ether oxygens (including phenoxy) is 3. The lowest BCUT2D eigenvalue weighted by Gasteiger charge is -2.13. The van der Waals surface area contributed by atoms with E-state index in [9.17, 15) is 9.90 Å². The van der Waals surface area contributed by atoms with Crippen molar-refractivity contribution in [2.45, 2.75) is 6.92 Å². The lowest BCUT2D eigenvalue weighted by Crippen LogP contribution is -2.15. The van der Waals surface area contributed by atoms with Crippen LogP contribution in [0.2, 0.25) is 0 Å². The van der Waals surface area contributed by atoms with Gasteiger partial charge in [-0.05, 0) is 41.4 Å². The largest absolute Gasteiger partial charge is 0.506 e. The number of aromatic nitrogens is 3. The fraction of sp³-hybridized carbons (Fsp3) is 0.111. The Kier molecular flexibility index (Phi) is 6.75. The first-order chi connectivity index (χ1) is 18.4. The fourth-order valence-electron chi connectivity index (χ4n) is 3.85. The fourth-order valence-corrected chi connectivity index (χ4v) is 4.51. The zero-order valence-corrected chi connectivity index (χ0v) is 21.3. The van der Waals surface area contributed by atoms with Crippen molar-refractivity contribution in [3.63, 3.8) is 0 Å². The molecule has 0 bridgehead atoms. The first-order valence-electron chi connectivity index (χ1n) is 11.3. The van der Waals surface area contributed by atoms with Crippen molar-refractivity contribution in [2.24, 2.45) is 0 Å². The van der Waals surface area contributed by atoms with Crippen LogP contribution in [-0.2, 0) is 0 Å². The number of carbonyl (C=O) groups is 1. The number of nitrogens with one attached hydrogen (secondary N) is 1. The van der Waals surface area contributed by atoms with Crippen molar-refractivity contribution < 1.29 is 28.5 Å². The van der Waals surface area contributed by atoms with Crippen molar-refractivity contribution >= 4 is 34.0 Å². The van der Waals surface area contributed by atoms with Crippen LogP contribution < -0.4 is 19.5 Å². The van der Waals surface area contributed by atoms with Crippen molar-refractivity contribution in [3.8, 4) is 40.0 Å². The van der Waals surface area contributed by atoms with E-state index in [0.717, 1.165) is 11.6 Å².